The van der Waals surface area contributed by atoms with Gasteiger partial charge in [0.1, 0.15) is 0 Å². The van der Waals surface area contributed by atoms with Crippen LogP contribution in [0.25, 0.3) is 32.3 Å². The number of benzene rings is 4. The number of ether oxygens (including phenoxy) is 1. The summed E-state index contributed by atoms with van der Waals surface area (Å²) in [6, 6.07) is 18.9. The van der Waals surface area contributed by atoms with Crippen molar-refractivity contribution in [2.45, 2.75) is 25.4 Å². The number of unbranched alkanes of at least 4 members (excludes halogenated alkanes) is 1. The Balaban J connectivity index is 0.00000225. The molecule has 6 heteroatoms. The summed E-state index contributed by atoms with van der Waals surface area (Å²) in [5.41, 5.74) is 1.16. The third-order valence-corrected chi connectivity index (χ3v) is 4.92. The van der Waals surface area contributed by atoms with Crippen molar-refractivity contribution in [3.05, 3.63) is 60.2 Å². The molecule has 4 rings (SSSR count). The number of carbonyl (C=O) groups excluding carboxylic acids is 1. The molecule has 3 N–H and O–H groups in total. The van der Waals surface area contributed by atoms with Gasteiger partial charge in [0.25, 0.3) is 0 Å². The van der Waals surface area contributed by atoms with E-state index in [-0.39, 0.29) is 12.8 Å². The Morgan fingerprint density at radius 1 is 0.821 bits per heavy atom. The normalized spacial score (nSPS) is 11.8. The van der Waals surface area contributed by atoms with Crippen LogP contribution in [0.2, 0.25) is 0 Å². The first-order valence-corrected chi connectivity index (χ1v) is 8.84. The van der Waals surface area contributed by atoms with Crippen LogP contribution in [-0.4, -0.2) is 18.8 Å². The third kappa shape index (κ3) is 3.60. The van der Waals surface area contributed by atoms with Crippen LogP contribution < -0.4 is 6.15 Å². The number of halogens is 3. The molecule has 0 amide bonds. The number of alkyl halides is 3. The molecule has 28 heavy (non-hydrogen) atoms. The first-order valence-electron chi connectivity index (χ1n) is 8.84. The van der Waals surface area contributed by atoms with Crippen molar-refractivity contribution in [2.24, 2.45) is 0 Å². The maximum atomic E-state index is 12.1. The minimum Gasteiger partial charge on any atom is -0.459 e. The van der Waals surface area contributed by atoms with E-state index in [9.17, 15) is 18.0 Å². The Hall–Kier alpha value is -2.86. The van der Waals surface area contributed by atoms with E-state index in [0.29, 0.717) is 12.8 Å². The quantitative estimate of drug-likeness (QED) is 0.253. The number of aryl methyl sites for hydroxylation is 1. The van der Waals surface area contributed by atoms with E-state index in [0.717, 1.165) is 12.0 Å². The Labute approximate surface area is 160 Å². The summed E-state index contributed by atoms with van der Waals surface area (Å²) >= 11 is 0. The molecule has 0 aliphatic carbocycles. The predicted octanol–water partition coefficient (Wildman–Crippen LogP) is 6.17. The minimum atomic E-state index is -4.92. The van der Waals surface area contributed by atoms with E-state index in [1.54, 1.807) is 0 Å². The molecule has 0 aliphatic heterocycles. The maximum Gasteiger partial charge on any atom is 0.490 e. The van der Waals surface area contributed by atoms with Gasteiger partial charge in [-0.2, -0.15) is 13.2 Å². The van der Waals surface area contributed by atoms with Crippen molar-refractivity contribution < 1.29 is 22.7 Å². The van der Waals surface area contributed by atoms with Gasteiger partial charge < -0.3 is 10.9 Å². The van der Waals surface area contributed by atoms with Crippen molar-refractivity contribution in [1.82, 2.24) is 6.15 Å². The van der Waals surface area contributed by atoms with E-state index < -0.39 is 12.1 Å². The molecule has 3 nitrogen and oxygen atoms in total. The van der Waals surface area contributed by atoms with Gasteiger partial charge in [0, 0.05) is 0 Å². The van der Waals surface area contributed by atoms with Crippen LogP contribution >= 0.6 is 0 Å². The highest BCUT2D eigenvalue weighted by Gasteiger charge is 2.40. The van der Waals surface area contributed by atoms with Gasteiger partial charge in [-0.1, -0.05) is 54.6 Å². The second kappa shape index (κ2) is 7.64. The molecule has 4 aromatic rings. The summed E-state index contributed by atoms with van der Waals surface area (Å²) in [5.74, 6) is -2.12. The molecule has 0 spiro atoms. The lowest BCUT2D eigenvalue weighted by Crippen LogP contribution is -2.25. The first-order chi connectivity index (χ1) is 12.9. The molecule has 0 saturated heterocycles. The van der Waals surface area contributed by atoms with E-state index in [2.05, 4.69) is 53.3 Å². The zero-order valence-electron chi connectivity index (χ0n) is 15.2. The monoisotopic (exact) mass is 387 g/mol. The van der Waals surface area contributed by atoms with Crippen LogP contribution in [0.5, 0.6) is 0 Å². The van der Waals surface area contributed by atoms with Gasteiger partial charge in [-0.25, -0.2) is 4.79 Å². The smallest absolute Gasteiger partial charge is 0.459 e. The maximum absolute atomic E-state index is 12.1. The number of rotatable bonds is 5. The largest absolute Gasteiger partial charge is 0.490 e. The van der Waals surface area contributed by atoms with Crippen molar-refractivity contribution in [3.8, 4) is 0 Å². The highest BCUT2D eigenvalue weighted by atomic mass is 19.4. The first kappa shape index (κ1) is 19.9. The Morgan fingerprint density at radius 2 is 1.43 bits per heavy atom. The zero-order chi connectivity index (χ0) is 19.0. The minimum absolute atomic E-state index is 0. The molecule has 0 atom stereocenters. The second-order valence-corrected chi connectivity index (χ2v) is 6.67. The van der Waals surface area contributed by atoms with Gasteiger partial charge in [-0.3, -0.25) is 0 Å². The topological polar surface area (TPSA) is 61.3 Å². The lowest BCUT2D eigenvalue weighted by atomic mass is 9.91. The van der Waals surface area contributed by atoms with E-state index in [4.69, 9.17) is 0 Å². The van der Waals surface area contributed by atoms with Crippen molar-refractivity contribution in [2.75, 3.05) is 6.61 Å². The average Bonchev–Trinajstić information content (AvgIpc) is 2.65. The van der Waals surface area contributed by atoms with Crippen LogP contribution in [0.1, 0.15) is 18.4 Å². The lowest BCUT2D eigenvalue weighted by molar-refractivity contribution is -0.199. The fourth-order valence-corrected chi connectivity index (χ4v) is 3.68. The van der Waals surface area contributed by atoms with Gasteiger partial charge in [0.15, 0.2) is 0 Å². The molecule has 0 saturated carbocycles. The molecule has 146 valence electrons. The van der Waals surface area contributed by atoms with Gasteiger partial charge in [0.2, 0.25) is 0 Å². The van der Waals surface area contributed by atoms with Crippen molar-refractivity contribution in [3.63, 3.8) is 0 Å². The zero-order valence-corrected chi connectivity index (χ0v) is 15.2. The van der Waals surface area contributed by atoms with Gasteiger partial charge >= 0.3 is 12.1 Å². The van der Waals surface area contributed by atoms with Crippen molar-refractivity contribution in [1.29, 1.82) is 0 Å². The highest BCUT2D eigenvalue weighted by molar-refractivity contribution is 6.23. The highest BCUT2D eigenvalue weighted by Crippen LogP contribution is 2.36. The van der Waals surface area contributed by atoms with Gasteiger partial charge in [-0.15, -0.1) is 0 Å². The Bertz CT molecular complexity index is 1110. The molecule has 0 heterocycles. The van der Waals surface area contributed by atoms with Crippen LogP contribution in [0.15, 0.2) is 54.6 Å². The molecular weight excluding hydrogens is 367 g/mol. The summed E-state index contributed by atoms with van der Waals surface area (Å²) in [5, 5.41) is 7.21. The number of carbonyl (C=O) groups is 1. The fourth-order valence-electron chi connectivity index (χ4n) is 3.68. The molecule has 0 bridgehead atoms. The average molecular weight is 387 g/mol. The summed E-state index contributed by atoms with van der Waals surface area (Å²) < 4.78 is 40.6. The molecule has 0 radical (unpaired) electrons. The summed E-state index contributed by atoms with van der Waals surface area (Å²) in [7, 11) is 0. The molecule has 4 aromatic carbocycles. The second-order valence-electron chi connectivity index (χ2n) is 6.67. The number of hydrogen-bond donors (Lipinski definition) is 1. The Kier molecular flexibility index (Phi) is 5.42. The molecule has 0 aliphatic rings. The standard InChI is InChI=1S/C22H17F3O2.H3N/c23-22(24,25)21(26)27-13-2-1-4-14-7-8-17-10-9-15-5-3-6-16-11-12-18(14)20(17)19(15)16;/h3,5-12H,1-2,4,13H2;1H3. The predicted molar refractivity (Wildman–Crippen MR) is 105 cm³/mol. The summed E-state index contributed by atoms with van der Waals surface area (Å²) in [4.78, 5) is 10.7. The number of hydrogen-bond acceptors (Lipinski definition) is 3. The van der Waals surface area contributed by atoms with E-state index >= 15 is 0 Å². The molecule has 0 aromatic heterocycles. The Morgan fingerprint density at radius 3 is 2.11 bits per heavy atom. The lowest BCUT2D eigenvalue weighted by Gasteiger charge is -2.14. The van der Waals surface area contributed by atoms with E-state index in [1.807, 2.05) is 6.07 Å². The van der Waals surface area contributed by atoms with E-state index in [1.165, 1.54) is 32.3 Å². The summed E-state index contributed by atoms with van der Waals surface area (Å²) in [6.07, 6.45) is -3.16. The molecule has 0 fully saturated rings. The molecule has 0 unspecified atom stereocenters. The van der Waals surface area contributed by atoms with Gasteiger partial charge in [-0.05, 0) is 57.1 Å². The molecular formula is C22H20F3NO2. The van der Waals surface area contributed by atoms with Gasteiger partial charge in [0.05, 0.1) is 6.61 Å². The van der Waals surface area contributed by atoms with Crippen LogP contribution in [0, 0.1) is 0 Å². The number of esters is 1. The van der Waals surface area contributed by atoms with Crippen molar-refractivity contribution >= 4 is 38.3 Å². The summed E-state index contributed by atoms with van der Waals surface area (Å²) in [6.45, 7) is -0.218. The van der Waals surface area contributed by atoms with Crippen LogP contribution in [0.4, 0.5) is 13.2 Å². The SMILES string of the molecule is N.O=C(OCCCCc1ccc2ccc3cccc4ccc1c2c34)C(F)(F)F. The van der Waals surface area contributed by atoms with Crippen LogP contribution in [-0.2, 0) is 16.0 Å². The van der Waals surface area contributed by atoms with Crippen LogP contribution in [0.3, 0.4) is 0 Å². The third-order valence-electron chi connectivity index (χ3n) is 4.92. The fraction of sp³-hybridized carbons (Fsp3) is 0.227.